The van der Waals surface area contributed by atoms with E-state index in [-0.39, 0.29) is 21.5 Å². The van der Waals surface area contributed by atoms with Crippen molar-refractivity contribution in [3.05, 3.63) is 16.5 Å². The lowest BCUT2D eigenvalue weighted by Gasteiger charge is -2.21. The summed E-state index contributed by atoms with van der Waals surface area (Å²) in [5.74, 6) is -1.94. The molecule has 1 rings (SSSR count). The Hall–Kier alpha value is -1.45. The van der Waals surface area contributed by atoms with Gasteiger partial charge >= 0.3 is 5.97 Å². The molecule has 118 valence electrons. The topological polar surface area (TPSA) is 118 Å². The molecule has 0 aliphatic heterocycles. The number of thiophene rings is 1. The van der Waals surface area contributed by atoms with Crippen LogP contribution in [0.3, 0.4) is 0 Å². The van der Waals surface area contributed by atoms with Gasteiger partial charge in [0.1, 0.15) is 9.09 Å². The second-order valence-corrected chi connectivity index (χ2v) is 8.26. The normalized spacial score (nSPS) is 12.0. The third-order valence-corrected chi connectivity index (χ3v) is 6.07. The van der Waals surface area contributed by atoms with E-state index in [1.807, 2.05) is 13.8 Å². The molecule has 1 amide bonds. The van der Waals surface area contributed by atoms with E-state index in [9.17, 15) is 18.0 Å². The summed E-state index contributed by atoms with van der Waals surface area (Å²) >= 11 is 0.676. The van der Waals surface area contributed by atoms with E-state index in [1.54, 1.807) is 0 Å². The second kappa shape index (κ2) is 6.54. The van der Waals surface area contributed by atoms with Gasteiger partial charge in [-0.15, -0.1) is 11.3 Å². The summed E-state index contributed by atoms with van der Waals surface area (Å²) in [4.78, 5) is 22.1. The second-order valence-electron chi connectivity index (χ2n) is 5.04. The van der Waals surface area contributed by atoms with Gasteiger partial charge in [-0.2, -0.15) is 4.31 Å². The lowest BCUT2D eigenvalue weighted by molar-refractivity contribution is -0.118. The van der Waals surface area contributed by atoms with Crippen molar-refractivity contribution in [2.75, 3.05) is 13.1 Å². The molecule has 0 saturated carbocycles. The molecule has 0 aliphatic rings. The van der Waals surface area contributed by atoms with Crippen molar-refractivity contribution in [3.63, 3.8) is 0 Å². The van der Waals surface area contributed by atoms with E-state index >= 15 is 0 Å². The van der Waals surface area contributed by atoms with Crippen molar-refractivity contribution in [2.45, 2.75) is 25.0 Å². The van der Waals surface area contributed by atoms with Crippen LogP contribution in [-0.4, -0.2) is 42.8 Å². The third kappa shape index (κ3) is 4.26. The van der Waals surface area contributed by atoms with Gasteiger partial charge in [0.25, 0.3) is 10.0 Å². The molecule has 0 bridgehead atoms. The van der Waals surface area contributed by atoms with E-state index in [1.165, 1.54) is 13.0 Å². The summed E-state index contributed by atoms with van der Waals surface area (Å²) in [6.07, 6.45) is 0. The highest BCUT2D eigenvalue weighted by molar-refractivity contribution is 7.91. The Morgan fingerprint density at radius 3 is 2.38 bits per heavy atom. The number of sulfonamides is 1. The first-order valence-electron chi connectivity index (χ1n) is 6.18. The minimum Gasteiger partial charge on any atom is -0.477 e. The quantitative estimate of drug-likeness (QED) is 0.767. The Balaban J connectivity index is 3.24. The molecule has 0 unspecified atom stereocenters. The predicted octanol–water partition coefficient (Wildman–Crippen LogP) is 0.887. The number of carbonyl (C=O) groups excluding carboxylic acids is 1. The molecular weight excluding hydrogens is 316 g/mol. The molecule has 1 heterocycles. The maximum atomic E-state index is 12.5. The van der Waals surface area contributed by atoms with Crippen LogP contribution in [-0.2, 0) is 14.8 Å². The van der Waals surface area contributed by atoms with E-state index in [0.717, 1.165) is 4.31 Å². The smallest absolute Gasteiger partial charge is 0.346 e. The van der Waals surface area contributed by atoms with E-state index < -0.39 is 28.4 Å². The van der Waals surface area contributed by atoms with Crippen LogP contribution in [0.25, 0.3) is 0 Å². The number of rotatable bonds is 7. The number of nitrogens with zero attached hydrogens (tertiary/aromatic N) is 1. The fourth-order valence-corrected chi connectivity index (χ4v) is 4.85. The fourth-order valence-electron chi connectivity index (χ4n) is 1.75. The molecule has 21 heavy (non-hydrogen) atoms. The van der Waals surface area contributed by atoms with Gasteiger partial charge in [-0.25, -0.2) is 13.2 Å². The number of primary amides is 1. The Morgan fingerprint density at radius 1 is 1.43 bits per heavy atom. The van der Waals surface area contributed by atoms with Crippen molar-refractivity contribution >= 4 is 33.2 Å². The number of amides is 1. The lowest BCUT2D eigenvalue weighted by atomic mass is 10.2. The highest BCUT2D eigenvalue weighted by Gasteiger charge is 2.29. The summed E-state index contributed by atoms with van der Waals surface area (Å²) < 4.78 is 25.9. The average Bonchev–Trinajstić information content (AvgIpc) is 2.70. The number of carboxylic acid groups (broad SMARTS) is 1. The van der Waals surface area contributed by atoms with E-state index in [4.69, 9.17) is 10.8 Å². The van der Waals surface area contributed by atoms with Crippen LogP contribution in [0.15, 0.2) is 10.3 Å². The number of carbonyl (C=O) groups is 2. The first kappa shape index (κ1) is 17.6. The zero-order valence-electron chi connectivity index (χ0n) is 12.0. The first-order valence-corrected chi connectivity index (χ1v) is 8.43. The summed E-state index contributed by atoms with van der Waals surface area (Å²) in [6, 6.07) is 1.30. The Morgan fingerprint density at radius 2 is 2.00 bits per heavy atom. The van der Waals surface area contributed by atoms with Gasteiger partial charge < -0.3 is 10.8 Å². The molecule has 0 fully saturated rings. The van der Waals surface area contributed by atoms with Crippen molar-refractivity contribution in [2.24, 2.45) is 11.7 Å². The van der Waals surface area contributed by atoms with Gasteiger partial charge in [-0.05, 0) is 24.5 Å². The van der Waals surface area contributed by atoms with Crippen LogP contribution in [0, 0.1) is 12.8 Å². The number of aryl methyl sites for hydroxylation is 1. The summed E-state index contributed by atoms with van der Waals surface area (Å²) in [5, 5.41) is 9.00. The van der Waals surface area contributed by atoms with Gasteiger partial charge in [0.15, 0.2) is 0 Å². The average molecular weight is 334 g/mol. The monoisotopic (exact) mass is 334 g/mol. The SMILES string of the molecule is Cc1cc(S(=O)(=O)N(CC(N)=O)CC(C)C)sc1C(=O)O. The molecule has 0 aromatic carbocycles. The summed E-state index contributed by atoms with van der Waals surface area (Å²) in [6.45, 7) is 4.85. The number of carboxylic acids is 1. The highest BCUT2D eigenvalue weighted by Crippen LogP contribution is 2.28. The van der Waals surface area contributed by atoms with Crippen LogP contribution in [0.1, 0.15) is 29.1 Å². The zero-order valence-corrected chi connectivity index (χ0v) is 13.6. The Bertz CT molecular complexity index is 649. The molecule has 7 nitrogen and oxygen atoms in total. The Kier molecular flexibility index (Phi) is 5.48. The van der Waals surface area contributed by atoms with Crippen LogP contribution in [0.4, 0.5) is 0 Å². The highest BCUT2D eigenvalue weighted by atomic mass is 32.2. The number of hydrogen-bond donors (Lipinski definition) is 2. The molecule has 0 radical (unpaired) electrons. The summed E-state index contributed by atoms with van der Waals surface area (Å²) in [5.41, 5.74) is 5.46. The molecule has 0 saturated heterocycles. The van der Waals surface area contributed by atoms with Crippen LogP contribution < -0.4 is 5.73 Å². The van der Waals surface area contributed by atoms with Crippen molar-refractivity contribution in [1.82, 2.24) is 4.31 Å². The van der Waals surface area contributed by atoms with Crippen molar-refractivity contribution < 1.29 is 23.1 Å². The van der Waals surface area contributed by atoms with E-state index in [0.29, 0.717) is 16.9 Å². The summed E-state index contributed by atoms with van der Waals surface area (Å²) in [7, 11) is -3.94. The number of hydrogen-bond acceptors (Lipinski definition) is 5. The fraction of sp³-hybridized carbons (Fsp3) is 0.500. The van der Waals surface area contributed by atoms with Crippen LogP contribution >= 0.6 is 11.3 Å². The molecule has 0 aliphatic carbocycles. The van der Waals surface area contributed by atoms with Gasteiger partial charge in [-0.3, -0.25) is 4.79 Å². The third-order valence-electron chi connectivity index (χ3n) is 2.58. The minimum atomic E-state index is -3.94. The standard InChI is InChI=1S/C12H18N2O5S2/c1-7(2)5-14(6-9(13)15)21(18,19)10-4-8(3)11(20-10)12(16)17/h4,7H,5-6H2,1-3H3,(H2,13,15)(H,16,17). The molecule has 1 aromatic heterocycles. The van der Waals surface area contributed by atoms with Crippen LogP contribution in [0.5, 0.6) is 0 Å². The molecule has 9 heteroatoms. The molecule has 3 N–H and O–H groups in total. The predicted molar refractivity (Wildman–Crippen MR) is 78.8 cm³/mol. The molecular formula is C12H18N2O5S2. The van der Waals surface area contributed by atoms with Gasteiger partial charge in [-0.1, -0.05) is 13.8 Å². The van der Waals surface area contributed by atoms with Crippen LogP contribution in [0.2, 0.25) is 0 Å². The largest absolute Gasteiger partial charge is 0.477 e. The van der Waals surface area contributed by atoms with Gasteiger partial charge in [0, 0.05) is 6.54 Å². The molecule has 0 spiro atoms. The Labute approximate surface area is 127 Å². The van der Waals surface area contributed by atoms with Gasteiger partial charge in [0.2, 0.25) is 5.91 Å². The minimum absolute atomic E-state index is 0.000807. The number of nitrogens with two attached hydrogens (primary N) is 1. The van der Waals surface area contributed by atoms with Crippen molar-refractivity contribution in [3.8, 4) is 0 Å². The first-order chi connectivity index (χ1) is 9.55. The maximum absolute atomic E-state index is 12.5. The van der Waals surface area contributed by atoms with E-state index in [2.05, 4.69) is 0 Å². The molecule has 0 atom stereocenters. The maximum Gasteiger partial charge on any atom is 0.346 e. The van der Waals surface area contributed by atoms with Gasteiger partial charge in [0.05, 0.1) is 6.54 Å². The molecule has 1 aromatic rings. The zero-order chi connectivity index (χ0) is 16.4. The van der Waals surface area contributed by atoms with Crippen molar-refractivity contribution in [1.29, 1.82) is 0 Å². The lowest BCUT2D eigenvalue weighted by Crippen LogP contribution is -2.40. The number of aromatic carboxylic acids is 1.